The first kappa shape index (κ1) is 16.3. The number of imide groups is 1. The smallest absolute Gasteiger partial charge is 0.322 e. The summed E-state index contributed by atoms with van der Waals surface area (Å²) >= 11 is 0. The van der Waals surface area contributed by atoms with Crippen LogP contribution in [0.5, 0.6) is 0 Å². The van der Waals surface area contributed by atoms with E-state index >= 15 is 0 Å². The van der Waals surface area contributed by atoms with E-state index in [1.54, 1.807) is 0 Å². The van der Waals surface area contributed by atoms with Gasteiger partial charge in [0.25, 0.3) is 5.91 Å². The highest BCUT2D eigenvalue weighted by Crippen LogP contribution is 2.19. The van der Waals surface area contributed by atoms with E-state index in [2.05, 4.69) is 33.0 Å². The molecule has 0 radical (unpaired) electrons. The fourth-order valence-electron chi connectivity index (χ4n) is 3.16. The van der Waals surface area contributed by atoms with Crippen molar-refractivity contribution in [3.8, 4) is 0 Å². The number of carbonyl (C=O) groups is 3. The quantitative estimate of drug-likeness (QED) is 0.695. The summed E-state index contributed by atoms with van der Waals surface area (Å²) < 4.78 is 0. The molecule has 3 N–H and O–H groups in total. The number of piperidine rings is 1. The Morgan fingerprint density at radius 1 is 1.17 bits per heavy atom. The van der Waals surface area contributed by atoms with E-state index in [9.17, 15) is 14.4 Å². The van der Waals surface area contributed by atoms with Gasteiger partial charge in [0.1, 0.15) is 6.04 Å². The molecule has 0 aliphatic carbocycles. The molecule has 7 nitrogen and oxygen atoms in total. The van der Waals surface area contributed by atoms with Crippen molar-refractivity contribution in [2.24, 2.45) is 0 Å². The Morgan fingerprint density at radius 3 is 2.50 bits per heavy atom. The normalized spacial score (nSPS) is 21.3. The zero-order valence-corrected chi connectivity index (χ0v) is 13.5. The number of amides is 4. The zero-order valence-electron chi connectivity index (χ0n) is 13.5. The van der Waals surface area contributed by atoms with Crippen molar-refractivity contribution in [2.45, 2.75) is 37.8 Å². The van der Waals surface area contributed by atoms with Crippen LogP contribution in [0, 0.1) is 0 Å². The van der Waals surface area contributed by atoms with E-state index in [-0.39, 0.29) is 24.3 Å². The summed E-state index contributed by atoms with van der Waals surface area (Å²) in [6.07, 6.45) is 2.37. The molecule has 2 aliphatic rings. The average molecular weight is 330 g/mol. The maximum atomic E-state index is 12.0. The highest BCUT2D eigenvalue weighted by molar-refractivity contribution is 6.04. The Kier molecular flexibility index (Phi) is 4.98. The van der Waals surface area contributed by atoms with Gasteiger partial charge in [0.2, 0.25) is 5.91 Å². The number of nitrogens with one attached hydrogen (secondary N) is 3. The number of carbonyl (C=O) groups excluding carboxylic acids is 3. The molecule has 128 valence electrons. The molecule has 2 saturated heterocycles. The molecule has 4 amide bonds. The van der Waals surface area contributed by atoms with E-state index in [1.165, 1.54) is 5.69 Å². The van der Waals surface area contributed by atoms with Crippen LogP contribution in [-0.4, -0.2) is 43.0 Å². The summed E-state index contributed by atoms with van der Waals surface area (Å²) in [5, 5.41) is 7.70. The van der Waals surface area contributed by atoms with Crippen LogP contribution >= 0.6 is 0 Å². The monoisotopic (exact) mass is 330 g/mol. The molecule has 0 saturated carbocycles. The van der Waals surface area contributed by atoms with Gasteiger partial charge >= 0.3 is 6.03 Å². The number of para-hydroxylation sites is 1. The molecule has 3 rings (SSSR count). The van der Waals surface area contributed by atoms with Crippen molar-refractivity contribution in [2.75, 3.05) is 18.0 Å². The number of nitrogens with zero attached hydrogens (tertiary/aromatic N) is 1. The van der Waals surface area contributed by atoms with Gasteiger partial charge in [-0.2, -0.15) is 0 Å². The Balaban J connectivity index is 1.39. The largest absolute Gasteiger partial charge is 0.371 e. The fourth-order valence-corrected chi connectivity index (χ4v) is 3.16. The van der Waals surface area contributed by atoms with Crippen molar-refractivity contribution in [3.05, 3.63) is 30.3 Å². The molecule has 1 aromatic carbocycles. The molecule has 1 atom stereocenters. The Morgan fingerprint density at radius 2 is 1.88 bits per heavy atom. The Bertz CT molecular complexity index is 612. The molecular formula is C17H22N4O3. The lowest BCUT2D eigenvalue weighted by atomic mass is 10.0. The van der Waals surface area contributed by atoms with Crippen molar-refractivity contribution in [3.63, 3.8) is 0 Å². The summed E-state index contributed by atoms with van der Waals surface area (Å²) in [4.78, 5) is 36.8. The van der Waals surface area contributed by atoms with Crippen LogP contribution in [0.3, 0.4) is 0 Å². The first-order valence-corrected chi connectivity index (χ1v) is 8.32. The molecular weight excluding hydrogens is 308 g/mol. The van der Waals surface area contributed by atoms with Gasteiger partial charge in [-0.3, -0.25) is 14.9 Å². The Labute approximate surface area is 140 Å². The highest BCUT2D eigenvalue weighted by Gasteiger charge is 2.29. The molecule has 0 aromatic heterocycles. The molecule has 0 spiro atoms. The van der Waals surface area contributed by atoms with Crippen LogP contribution in [0.2, 0.25) is 0 Å². The lowest BCUT2D eigenvalue weighted by molar-refractivity contribution is -0.122. The van der Waals surface area contributed by atoms with Crippen molar-refractivity contribution < 1.29 is 14.4 Å². The summed E-state index contributed by atoms with van der Waals surface area (Å²) in [5.41, 5.74) is 1.21. The van der Waals surface area contributed by atoms with Gasteiger partial charge in [-0.15, -0.1) is 0 Å². The molecule has 0 unspecified atom stereocenters. The minimum Gasteiger partial charge on any atom is -0.371 e. The number of urea groups is 1. The minimum atomic E-state index is -0.594. The van der Waals surface area contributed by atoms with Gasteiger partial charge in [-0.1, -0.05) is 18.2 Å². The molecule has 2 fully saturated rings. The molecule has 1 aromatic rings. The second-order valence-corrected chi connectivity index (χ2v) is 6.22. The number of anilines is 1. The molecule has 2 heterocycles. The third kappa shape index (κ3) is 4.04. The van der Waals surface area contributed by atoms with Crippen molar-refractivity contribution in [1.29, 1.82) is 0 Å². The van der Waals surface area contributed by atoms with Crippen LogP contribution < -0.4 is 20.9 Å². The van der Waals surface area contributed by atoms with E-state index in [0.29, 0.717) is 6.42 Å². The summed E-state index contributed by atoms with van der Waals surface area (Å²) in [5.74, 6) is -0.425. The molecule has 2 aliphatic heterocycles. The van der Waals surface area contributed by atoms with E-state index < -0.39 is 12.1 Å². The first-order chi connectivity index (χ1) is 11.6. The maximum absolute atomic E-state index is 12.0. The van der Waals surface area contributed by atoms with Crippen LogP contribution in [0.4, 0.5) is 10.5 Å². The predicted molar refractivity (Wildman–Crippen MR) is 89.5 cm³/mol. The highest BCUT2D eigenvalue weighted by atomic mass is 16.2. The predicted octanol–water partition coefficient (Wildman–Crippen LogP) is 0.760. The van der Waals surface area contributed by atoms with Gasteiger partial charge < -0.3 is 15.5 Å². The molecule has 24 heavy (non-hydrogen) atoms. The Hall–Kier alpha value is -2.57. The van der Waals surface area contributed by atoms with Crippen molar-refractivity contribution in [1.82, 2.24) is 16.0 Å². The summed E-state index contributed by atoms with van der Waals surface area (Å²) in [6, 6.07) is 9.34. The number of rotatable bonds is 5. The average Bonchev–Trinajstić information content (AvgIpc) is 2.92. The molecule has 7 heteroatoms. The van der Waals surface area contributed by atoms with E-state index in [4.69, 9.17) is 0 Å². The zero-order chi connectivity index (χ0) is 16.9. The van der Waals surface area contributed by atoms with Gasteiger partial charge in [0.15, 0.2) is 0 Å². The van der Waals surface area contributed by atoms with Gasteiger partial charge in [0, 0.05) is 31.2 Å². The second-order valence-electron chi connectivity index (χ2n) is 6.22. The van der Waals surface area contributed by atoms with Crippen LogP contribution in [0.1, 0.15) is 25.7 Å². The first-order valence-electron chi connectivity index (χ1n) is 8.32. The van der Waals surface area contributed by atoms with Crippen molar-refractivity contribution >= 4 is 23.5 Å². The van der Waals surface area contributed by atoms with Gasteiger partial charge in [-0.25, -0.2) is 4.79 Å². The third-order valence-corrected chi connectivity index (χ3v) is 4.50. The lowest BCUT2D eigenvalue weighted by Gasteiger charge is -2.34. The minimum absolute atomic E-state index is 0.0675. The molecule has 0 bridgehead atoms. The van der Waals surface area contributed by atoms with Crippen LogP contribution in [0.25, 0.3) is 0 Å². The van der Waals surface area contributed by atoms with E-state index in [0.717, 1.165) is 25.9 Å². The number of benzene rings is 1. The third-order valence-electron chi connectivity index (χ3n) is 4.50. The van der Waals surface area contributed by atoms with Crippen LogP contribution in [-0.2, 0) is 9.59 Å². The topological polar surface area (TPSA) is 90.5 Å². The van der Waals surface area contributed by atoms with Gasteiger partial charge in [-0.05, 0) is 31.4 Å². The number of hydrogen-bond donors (Lipinski definition) is 3. The van der Waals surface area contributed by atoms with Gasteiger partial charge in [0.05, 0.1) is 0 Å². The van der Waals surface area contributed by atoms with E-state index in [1.807, 2.05) is 18.2 Å². The fraction of sp³-hybridized carbons (Fsp3) is 0.471. The maximum Gasteiger partial charge on any atom is 0.322 e. The standard InChI is InChI=1S/C17H22N4O3/c22-15(7-6-14-16(23)20-17(24)19-14)18-12-8-10-21(11-9-12)13-4-2-1-3-5-13/h1-5,12,14H,6-11H2,(H,18,22)(H2,19,20,23,24)/t14-/m0/s1. The SMILES string of the molecule is O=C(CC[C@@H]1NC(=O)NC1=O)NC1CCN(c2ccccc2)CC1. The second kappa shape index (κ2) is 7.33. The van der Waals surface area contributed by atoms with Crippen LogP contribution in [0.15, 0.2) is 30.3 Å². The summed E-state index contributed by atoms with van der Waals surface area (Å²) in [7, 11) is 0. The summed E-state index contributed by atoms with van der Waals surface area (Å²) in [6.45, 7) is 1.83. The lowest BCUT2D eigenvalue weighted by Crippen LogP contribution is -2.45. The number of hydrogen-bond acceptors (Lipinski definition) is 4.